The summed E-state index contributed by atoms with van der Waals surface area (Å²) in [6, 6.07) is 3.28. The van der Waals surface area contributed by atoms with Crippen LogP contribution < -0.4 is 9.47 Å². The van der Waals surface area contributed by atoms with Crippen LogP contribution in [-0.4, -0.2) is 24.3 Å². The molecular formula is C12H13FO4. The molecule has 1 N–H and O–H groups in total. The number of carboxylic acids is 1. The standard InChI is InChI=1S/C12H13FO4/c13-11-8(2-1-3-10(14)15)4-5-9-12(11)17-7-6-16-9/h4-5H,1-3,6-7H2,(H,14,15). The molecule has 0 radical (unpaired) electrons. The Labute approximate surface area is 98.0 Å². The average molecular weight is 240 g/mol. The van der Waals surface area contributed by atoms with E-state index < -0.39 is 11.8 Å². The molecule has 0 amide bonds. The molecule has 0 bridgehead atoms. The van der Waals surface area contributed by atoms with E-state index in [0.29, 0.717) is 37.4 Å². The fourth-order valence-corrected chi connectivity index (χ4v) is 1.75. The van der Waals surface area contributed by atoms with Gasteiger partial charge in [-0.1, -0.05) is 6.07 Å². The average Bonchev–Trinajstić information content (AvgIpc) is 2.32. The highest BCUT2D eigenvalue weighted by Crippen LogP contribution is 2.34. The highest BCUT2D eigenvalue weighted by molar-refractivity contribution is 5.66. The van der Waals surface area contributed by atoms with Crippen molar-refractivity contribution in [1.82, 2.24) is 0 Å². The van der Waals surface area contributed by atoms with Gasteiger partial charge in [0, 0.05) is 6.42 Å². The molecule has 92 valence electrons. The molecule has 1 aromatic rings. The minimum Gasteiger partial charge on any atom is -0.486 e. The number of aliphatic carboxylic acids is 1. The number of benzene rings is 1. The predicted octanol–water partition coefficient (Wildman–Crippen LogP) is 2.00. The summed E-state index contributed by atoms with van der Waals surface area (Å²) in [5, 5.41) is 8.51. The van der Waals surface area contributed by atoms with Crippen molar-refractivity contribution >= 4 is 5.97 Å². The Bertz CT molecular complexity index is 431. The summed E-state index contributed by atoms with van der Waals surface area (Å²) < 4.78 is 24.4. The van der Waals surface area contributed by atoms with E-state index in [9.17, 15) is 9.18 Å². The summed E-state index contributed by atoms with van der Waals surface area (Å²) >= 11 is 0. The van der Waals surface area contributed by atoms with Crippen molar-refractivity contribution in [2.24, 2.45) is 0 Å². The second kappa shape index (κ2) is 5.03. The summed E-state index contributed by atoms with van der Waals surface area (Å²) in [5.74, 6) is -0.754. The maximum atomic E-state index is 13.9. The lowest BCUT2D eigenvalue weighted by Gasteiger charge is -2.19. The van der Waals surface area contributed by atoms with Crippen LogP contribution in [-0.2, 0) is 11.2 Å². The van der Waals surface area contributed by atoms with E-state index in [4.69, 9.17) is 14.6 Å². The largest absolute Gasteiger partial charge is 0.486 e. The maximum Gasteiger partial charge on any atom is 0.303 e. The van der Waals surface area contributed by atoms with Crippen molar-refractivity contribution in [1.29, 1.82) is 0 Å². The normalized spacial score (nSPS) is 13.5. The highest BCUT2D eigenvalue weighted by Gasteiger charge is 2.19. The zero-order valence-electron chi connectivity index (χ0n) is 9.24. The Balaban J connectivity index is 2.10. The summed E-state index contributed by atoms with van der Waals surface area (Å²) in [6.45, 7) is 0.757. The number of rotatable bonds is 4. The number of carbonyl (C=O) groups is 1. The molecule has 0 saturated carbocycles. The Kier molecular flexibility index (Phi) is 3.46. The molecule has 0 spiro atoms. The SMILES string of the molecule is O=C(O)CCCc1ccc2c(c1F)OCCO2. The Morgan fingerprint density at radius 1 is 1.35 bits per heavy atom. The first-order chi connectivity index (χ1) is 8.18. The van der Waals surface area contributed by atoms with Crippen molar-refractivity contribution in [3.8, 4) is 11.5 Å². The molecule has 5 heteroatoms. The van der Waals surface area contributed by atoms with Crippen LogP contribution in [0.1, 0.15) is 18.4 Å². The predicted molar refractivity (Wildman–Crippen MR) is 58.0 cm³/mol. The minimum absolute atomic E-state index is 0.0356. The molecule has 2 rings (SSSR count). The van der Waals surface area contributed by atoms with E-state index in [2.05, 4.69) is 0 Å². The van der Waals surface area contributed by atoms with Crippen LogP contribution in [0.3, 0.4) is 0 Å². The van der Waals surface area contributed by atoms with Gasteiger partial charge in [-0.25, -0.2) is 4.39 Å². The molecular weight excluding hydrogens is 227 g/mol. The van der Waals surface area contributed by atoms with Gasteiger partial charge in [0.2, 0.25) is 0 Å². The maximum absolute atomic E-state index is 13.9. The van der Waals surface area contributed by atoms with Gasteiger partial charge in [0.15, 0.2) is 17.3 Å². The third kappa shape index (κ3) is 2.67. The van der Waals surface area contributed by atoms with Crippen LogP contribution in [0.4, 0.5) is 4.39 Å². The first kappa shape index (κ1) is 11.7. The van der Waals surface area contributed by atoms with Crippen LogP contribution in [0.2, 0.25) is 0 Å². The number of hydrogen-bond donors (Lipinski definition) is 1. The fourth-order valence-electron chi connectivity index (χ4n) is 1.75. The summed E-state index contributed by atoms with van der Waals surface area (Å²) in [5.41, 5.74) is 0.468. The number of halogens is 1. The molecule has 1 heterocycles. The Hall–Kier alpha value is -1.78. The molecule has 4 nitrogen and oxygen atoms in total. The third-order valence-corrected chi connectivity index (χ3v) is 2.57. The molecule has 0 aliphatic carbocycles. The topological polar surface area (TPSA) is 55.8 Å². The lowest BCUT2D eigenvalue weighted by molar-refractivity contribution is -0.137. The molecule has 1 aliphatic heterocycles. The van der Waals surface area contributed by atoms with Crippen molar-refractivity contribution in [3.05, 3.63) is 23.5 Å². The Morgan fingerprint density at radius 3 is 2.88 bits per heavy atom. The van der Waals surface area contributed by atoms with E-state index in [1.54, 1.807) is 12.1 Å². The van der Waals surface area contributed by atoms with E-state index in [0.717, 1.165) is 0 Å². The van der Waals surface area contributed by atoms with Gasteiger partial charge in [-0.2, -0.15) is 0 Å². The number of hydrogen-bond acceptors (Lipinski definition) is 3. The van der Waals surface area contributed by atoms with Gasteiger partial charge < -0.3 is 14.6 Å². The molecule has 17 heavy (non-hydrogen) atoms. The Morgan fingerprint density at radius 2 is 2.12 bits per heavy atom. The zero-order valence-corrected chi connectivity index (χ0v) is 9.24. The van der Waals surface area contributed by atoms with Crippen molar-refractivity contribution in [2.75, 3.05) is 13.2 Å². The van der Waals surface area contributed by atoms with Crippen LogP contribution >= 0.6 is 0 Å². The molecule has 0 unspecified atom stereocenters. The summed E-state index contributed by atoms with van der Waals surface area (Å²) in [7, 11) is 0. The first-order valence-corrected chi connectivity index (χ1v) is 5.47. The number of aryl methyl sites for hydroxylation is 1. The van der Waals surface area contributed by atoms with E-state index >= 15 is 0 Å². The van der Waals surface area contributed by atoms with E-state index in [1.165, 1.54) is 0 Å². The van der Waals surface area contributed by atoms with Gasteiger partial charge >= 0.3 is 5.97 Å². The van der Waals surface area contributed by atoms with Crippen molar-refractivity contribution in [3.63, 3.8) is 0 Å². The lowest BCUT2D eigenvalue weighted by atomic mass is 10.1. The quantitative estimate of drug-likeness (QED) is 0.874. The lowest BCUT2D eigenvalue weighted by Crippen LogP contribution is -2.17. The molecule has 1 aliphatic rings. The van der Waals surface area contributed by atoms with Gasteiger partial charge in [-0.15, -0.1) is 0 Å². The van der Waals surface area contributed by atoms with Gasteiger partial charge in [0.1, 0.15) is 13.2 Å². The number of carboxylic acid groups (broad SMARTS) is 1. The monoisotopic (exact) mass is 240 g/mol. The summed E-state index contributed by atoms with van der Waals surface area (Å²) in [4.78, 5) is 10.4. The number of ether oxygens (including phenoxy) is 2. The second-order valence-electron chi connectivity index (χ2n) is 3.81. The number of fused-ring (bicyclic) bond motifs is 1. The molecule has 1 aromatic carbocycles. The first-order valence-electron chi connectivity index (χ1n) is 5.47. The molecule has 0 atom stereocenters. The molecule has 0 aromatic heterocycles. The van der Waals surface area contributed by atoms with Crippen LogP contribution in [0.15, 0.2) is 12.1 Å². The molecule has 0 fully saturated rings. The second-order valence-corrected chi connectivity index (χ2v) is 3.81. The van der Waals surface area contributed by atoms with Crippen LogP contribution in [0, 0.1) is 5.82 Å². The zero-order chi connectivity index (χ0) is 12.3. The van der Waals surface area contributed by atoms with Crippen LogP contribution in [0.5, 0.6) is 11.5 Å². The smallest absolute Gasteiger partial charge is 0.303 e. The van der Waals surface area contributed by atoms with Crippen molar-refractivity contribution in [2.45, 2.75) is 19.3 Å². The van der Waals surface area contributed by atoms with E-state index in [-0.39, 0.29) is 12.2 Å². The van der Waals surface area contributed by atoms with Gasteiger partial charge in [-0.3, -0.25) is 4.79 Å². The fraction of sp³-hybridized carbons (Fsp3) is 0.417. The van der Waals surface area contributed by atoms with E-state index in [1.807, 2.05) is 0 Å². The van der Waals surface area contributed by atoms with Gasteiger partial charge in [0.05, 0.1) is 0 Å². The van der Waals surface area contributed by atoms with Crippen LogP contribution in [0.25, 0.3) is 0 Å². The molecule has 0 saturated heterocycles. The van der Waals surface area contributed by atoms with Crippen molar-refractivity contribution < 1.29 is 23.8 Å². The van der Waals surface area contributed by atoms with Gasteiger partial charge in [-0.05, 0) is 24.5 Å². The minimum atomic E-state index is -0.872. The third-order valence-electron chi connectivity index (χ3n) is 2.57. The van der Waals surface area contributed by atoms with Gasteiger partial charge in [0.25, 0.3) is 0 Å². The highest BCUT2D eigenvalue weighted by atomic mass is 19.1. The summed E-state index contributed by atoms with van der Waals surface area (Å²) in [6.07, 6.45) is 0.828.